The van der Waals surface area contributed by atoms with Crippen LogP contribution in [0.1, 0.15) is 61.9 Å². The minimum Gasteiger partial charge on any atom is -0.336 e. The fourth-order valence-electron chi connectivity index (χ4n) is 4.58. The van der Waals surface area contributed by atoms with Crippen molar-refractivity contribution in [2.24, 2.45) is 0 Å². The highest BCUT2D eigenvalue weighted by Gasteiger charge is 2.52. The second-order valence-corrected chi connectivity index (χ2v) is 8.59. The van der Waals surface area contributed by atoms with Gasteiger partial charge in [-0.2, -0.15) is 0 Å². The van der Waals surface area contributed by atoms with Crippen LogP contribution in [0.25, 0.3) is 0 Å². The standard InChI is InChI=1S/C19H25N3O3S/c1-13-14-7-12-26-15(14)6-11-21(13)16(23)5-4-10-22-17(24)19(20-18(22)25)8-2-3-9-19/h7,12-13H,2-6,8-11H2,1H3,(H,20,25)/t13-/m0/s1. The maximum Gasteiger partial charge on any atom is 0.325 e. The molecule has 4 amide bonds. The van der Waals surface area contributed by atoms with Crippen molar-refractivity contribution in [3.63, 3.8) is 0 Å². The molecule has 1 spiro atoms. The Morgan fingerprint density at radius 3 is 2.88 bits per heavy atom. The van der Waals surface area contributed by atoms with E-state index in [9.17, 15) is 14.4 Å². The van der Waals surface area contributed by atoms with Crippen LogP contribution in [0.5, 0.6) is 0 Å². The van der Waals surface area contributed by atoms with Gasteiger partial charge in [0.25, 0.3) is 5.91 Å². The molecule has 1 aromatic heterocycles. The Bertz CT molecular complexity index is 738. The number of hydrogen-bond acceptors (Lipinski definition) is 4. The lowest BCUT2D eigenvalue weighted by Crippen LogP contribution is -2.44. The van der Waals surface area contributed by atoms with Crippen LogP contribution in [0.15, 0.2) is 11.4 Å². The number of nitrogens with zero attached hydrogens (tertiary/aromatic N) is 2. The topological polar surface area (TPSA) is 69.7 Å². The van der Waals surface area contributed by atoms with Crippen LogP contribution < -0.4 is 5.32 Å². The Morgan fingerprint density at radius 1 is 1.35 bits per heavy atom. The fourth-order valence-corrected chi connectivity index (χ4v) is 5.54. The normalized spacial score (nSPS) is 24.3. The van der Waals surface area contributed by atoms with Crippen molar-refractivity contribution in [1.29, 1.82) is 0 Å². The molecule has 1 saturated heterocycles. The van der Waals surface area contributed by atoms with Crippen molar-refractivity contribution in [2.45, 2.75) is 63.5 Å². The molecule has 1 N–H and O–H groups in total. The molecule has 0 unspecified atom stereocenters. The predicted molar refractivity (Wildman–Crippen MR) is 98.8 cm³/mol. The molecular formula is C19H25N3O3S. The highest BCUT2D eigenvalue weighted by molar-refractivity contribution is 7.10. The Kier molecular flexibility index (Phi) is 4.50. The molecule has 0 aromatic carbocycles. The lowest BCUT2D eigenvalue weighted by molar-refractivity contribution is -0.135. The van der Waals surface area contributed by atoms with Gasteiger partial charge < -0.3 is 10.2 Å². The number of nitrogens with one attached hydrogen (secondary N) is 1. The summed E-state index contributed by atoms with van der Waals surface area (Å²) in [6.45, 7) is 3.15. The van der Waals surface area contributed by atoms with Crippen LogP contribution in [0.3, 0.4) is 0 Å². The van der Waals surface area contributed by atoms with E-state index in [4.69, 9.17) is 0 Å². The molecule has 140 valence electrons. The van der Waals surface area contributed by atoms with Crippen LogP contribution in [-0.4, -0.2) is 46.3 Å². The van der Waals surface area contributed by atoms with Crippen molar-refractivity contribution in [3.05, 3.63) is 21.9 Å². The summed E-state index contributed by atoms with van der Waals surface area (Å²) in [6.07, 6.45) is 5.24. The van der Waals surface area contributed by atoms with Crippen LogP contribution in [0.4, 0.5) is 4.79 Å². The van der Waals surface area contributed by atoms with Gasteiger partial charge in [0.2, 0.25) is 5.91 Å². The summed E-state index contributed by atoms with van der Waals surface area (Å²) in [5.74, 6) is 0.0127. The molecule has 6 nitrogen and oxygen atoms in total. The third kappa shape index (κ3) is 2.82. The van der Waals surface area contributed by atoms with E-state index in [-0.39, 0.29) is 23.9 Å². The molecule has 3 heterocycles. The summed E-state index contributed by atoms with van der Waals surface area (Å²) in [7, 11) is 0. The van der Waals surface area contributed by atoms with Crippen molar-refractivity contribution < 1.29 is 14.4 Å². The van der Waals surface area contributed by atoms with Gasteiger partial charge in [0.15, 0.2) is 0 Å². The minimum atomic E-state index is -0.655. The molecule has 4 rings (SSSR count). The number of fused-ring (bicyclic) bond motifs is 1. The largest absolute Gasteiger partial charge is 0.336 e. The van der Waals surface area contributed by atoms with Gasteiger partial charge in [-0.15, -0.1) is 11.3 Å². The Hall–Kier alpha value is -1.89. The van der Waals surface area contributed by atoms with E-state index in [0.29, 0.717) is 19.4 Å². The first kappa shape index (κ1) is 17.5. The van der Waals surface area contributed by atoms with Gasteiger partial charge in [0, 0.05) is 24.4 Å². The molecule has 0 radical (unpaired) electrons. The number of amides is 4. The van der Waals surface area contributed by atoms with E-state index >= 15 is 0 Å². The van der Waals surface area contributed by atoms with E-state index in [2.05, 4.69) is 23.7 Å². The van der Waals surface area contributed by atoms with Gasteiger partial charge in [-0.1, -0.05) is 12.8 Å². The summed E-state index contributed by atoms with van der Waals surface area (Å²) in [6, 6.07) is 1.92. The maximum absolute atomic E-state index is 12.7. The van der Waals surface area contributed by atoms with Gasteiger partial charge in [-0.25, -0.2) is 4.79 Å². The summed E-state index contributed by atoms with van der Waals surface area (Å²) >= 11 is 1.76. The molecular weight excluding hydrogens is 350 g/mol. The molecule has 26 heavy (non-hydrogen) atoms. The van der Waals surface area contributed by atoms with Gasteiger partial charge in [-0.3, -0.25) is 14.5 Å². The smallest absolute Gasteiger partial charge is 0.325 e. The van der Waals surface area contributed by atoms with Crippen LogP contribution in [-0.2, 0) is 16.0 Å². The van der Waals surface area contributed by atoms with E-state index in [0.717, 1.165) is 38.6 Å². The van der Waals surface area contributed by atoms with Gasteiger partial charge in [0.05, 0.1) is 6.04 Å². The summed E-state index contributed by atoms with van der Waals surface area (Å²) < 4.78 is 0. The number of carbonyl (C=O) groups excluding carboxylic acids is 3. The Morgan fingerprint density at radius 2 is 2.12 bits per heavy atom. The molecule has 2 aliphatic heterocycles. The summed E-state index contributed by atoms with van der Waals surface area (Å²) in [5.41, 5.74) is 0.601. The Balaban J connectivity index is 1.32. The quantitative estimate of drug-likeness (QED) is 0.823. The SMILES string of the molecule is C[C@H]1c2ccsc2CCN1C(=O)CCCN1C(=O)NC2(CCCC2)C1=O. The average Bonchev–Trinajstić information content (AvgIpc) is 3.32. The van der Waals surface area contributed by atoms with Gasteiger partial charge in [-0.05, 0) is 49.6 Å². The first-order chi connectivity index (χ1) is 12.5. The van der Waals surface area contributed by atoms with Gasteiger partial charge >= 0.3 is 6.03 Å². The number of imide groups is 1. The second kappa shape index (κ2) is 6.68. The van der Waals surface area contributed by atoms with E-state index < -0.39 is 5.54 Å². The number of hydrogen-bond donors (Lipinski definition) is 1. The molecule has 1 atom stereocenters. The second-order valence-electron chi connectivity index (χ2n) is 7.59. The number of urea groups is 1. The maximum atomic E-state index is 12.7. The summed E-state index contributed by atoms with van der Waals surface area (Å²) in [4.78, 5) is 42.1. The average molecular weight is 375 g/mol. The number of thiophene rings is 1. The monoisotopic (exact) mass is 375 g/mol. The zero-order valence-electron chi connectivity index (χ0n) is 15.1. The molecule has 1 aliphatic carbocycles. The molecule has 7 heteroatoms. The Labute approximate surface area is 157 Å². The first-order valence-corrected chi connectivity index (χ1v) is 10.4. The van der Waals surface area contributed by atoms with Crippen molar-refractivity contribution >= 4 is 29.2 Å². The molecule has 0 bridgehead atoms. The third-order valence-corrected chi connectivity index (χ3v) is 7.07. The molecule has 1 saturated carbocycles. The molecule has 3 aliphatic rings. The zero-order valence-corrected chi connectivity index (χ0v) is 15.9. The van der Waals surface area contributed by atoms with E-state index in [1.807, 2.05) is 4.90 Å². The van der Waals surface area contributed by atoms with E-state index in [1.165, 1.54) is 15.3 Å². The molecule has 2 fully saturated rings. The third-order valence-electron chi connectivity index (χ3n) is 6.07. The lowest BCUT2D eigenvalue weighted by Gasteiger charge is -2.34. The highest BCUT2D eigenvalue weighted by Crippen LogP contribution is 2.35. The van der Waals surface area contributed by atoms with Crippen LogP contribution in [0, 0.1) is 0 Å². The fraction of sp³-hybridized carbons (Fsp3) is 0.632. The lowest BCUT2D eigenvalue weighted by atomic mass is 9.98. The summed E-state index contributed by atoms with van der Waals surface area (Å²) in [5, 5.41) is 4.98. The molecule has 1 aromatic rings. The first-order valence-electron chi connectivity index (χ1n) is 9.52. The zero-order chi connectivity index (χ0) is 18.3. The van der Waals surface area contributed by atoms with Crippen LogP contribution in [0.2, 0.25) is 0 Å². The number of rotatable bonds is 4. The van der Waals surface area contributed by atoms with Crippen LogP contribution >= 0.6 is 11.3 Å². The minimum absolute atomic E-state index is 0.0956. The van der Waals surface area contributed by atoms with E-state index in [1.54, 1.807) is 11.3 Å². The van der Waals surface area contributed by atoms with Crippen molar-refractivity contribution in [3.8, 4) is 0 Å². The number of carbonyl (C=O) groups is 3. The van der Waals surface area contributed by atoms with Crippen molar-refractivity contribution in [1.82, 2.24) is 15.1 Å². The predicted octanol–water partition coefficient (Wildman–Crippen LogP) is 2.84. The van der Waals surface area contributed by atoms with Crippen molar-refractivity contribution in [2.75, 3.05) is 13.1 Å². The van der Waals surface area contributed by atoms with Gasteiger partial charge in [0.1, 0.15) is 5.54 Å². The highest BCUT2D eigenvalue weighted by atomic mass is 32.1.